The predicted octanol–water partition coefficient (Wildman–Crippen LogP) is 3.90. The molecule has 0 radical (unpaired) electrons. The van der Waals surface area contributed by atoms with Crippen molar-refractivity contribution in [2.24, 2.45) is 11.8 Å². The van der Waals surface area contributed by atoms with Gasteiger partial charge in [0.15, 0.2) is 10.9 Å². The molecule has 9 nitrogen and oxygen atoms in total. The van der Waals surface area contributed by atoms with Crippen molar-refractivity contribution in [3.63, 3.8) is 0 Å². The molecule has 1 aromatic heterocycles. The van der Waals surface area contributed by atoms with Gasteiger partial charge in [0, 0.05) is 40.2 Å². The van der Waals surface area contributed by atoms with Crippen LogP contribution in [0.1, 0.15) is 47.1 Å². The van der Waals surface area contributed by atoms with Crippen LogP contribution in [0.2, 0.25) is 0 Å². The van der Waals surface area contributed by atoms with E-state index in [2.05, 4.69) is 25.8 Å². The molecule has 2 aromatic rings. The number of halogens is 1. The van der Waals surface area contributed by atoms with E-state index >= 15 is 0 Å². The number of anilines is 1. The summed E-state index contributed by atoms with van der Waals surface area (Å²) in [5.74, 6) is 0.380. The maximum absolute atomic E-state index is 13.3. The molecule has 0 unspecified atom stereocenters. The lowest BCUT2D eigenvalue weighted by molar-refractivity contribution is 0.0989. The van der Waals surface area contributed by atoms with Crippen molar-refractivity contribution in [1.29, 1.82) is 0 Å². The van der Waals surface area contributed by atoms with Crippen molar-refractivity contribution in [2.75, 3.05) is 45.1 Å². The van der Waals surface area contributed by atoms with Gasteiger partial charge in [-0.2, -0.15) is 0 Å². The number of nitrogens with zero attached hydrogens (tertiary/aromatic N) is 3. The highest BCUT2D eigenvalue weighted by atomic mass is 32.1. The third-order valence-corrected chi connectivity index (χ3v) is 8.62. The Balaban J connectivity index is 1.39. The molecular formula is C27H37FN6O3S. The van der Waals surface area contributed by atoms with Crippen LogP contribution in [0, 0.1) is 24.6 Å². The van der Waals surface area contributed by atoms with Crippen LogP contribution in [0.5, 0.6) is 0 Å². The fourth-order valence-corrected chi connectivity index (χ4v) is 6.43. The molecule has 0 saturated carbocycles. The van der Waals surface area contributed by atoms with Crippen molar-refractivity contribution >= 4 is 34.3 Å². The number of benzene rings is 1. The normalized spacial score (nSPS) is 22.1. The highest BCUT2D eigenvalue weighted by Gasteiger charge is 2.34. The summed E-state index contributed by atoms with van der Waals surface area (Å²) in [5.41, 5.74) is 1.75. The summed E-state index contributed by atoms with van der Waals surface area (Å²) in [7, 11) is 1.61. The lowest BCUT2D eigenvalue weighted by atomic mass is 9.87. The molecule has 4 rings (SSSR count). The van der Waals surface area contributed by atoms with Crippen molar-refractivity contribution in [1.82, 2.24) is 25.4 Å². The minimum Gasteiger partial charge on any atom is -0.341 e. The van der Waals surface area contributed by atoms with Crippen LogP contribution in [0.15, 0.2) is 24.3 Å². The van der Waals surface area contributed by atoms with Gasteiger partial charge in [-0.1, -0.05) is 23.5 Å². The minimum atomic E-state index is -0.393. The van der Waals surface area contributed by atoms with Crippen LogP contribution in [-0.2, 0) is 6.42 Å². The maximum atomic E-state index is 13.3. The summed E-state index contributed by atoms with van der Waals surface area (Å²) in [6.07, 6.45) is 3.94. The molecule has 3 heterocycles. The third kappa shape index (κ3) is 7.28. The number of piperidine rings is 2. The summed E-state index contributed by atoms with van der Waals surface area (Å²) in [5, 5.41) is 8.91. The average Bonchev–Trinajstić information content (AvgIpc) is 3.26. The fourth-order valence-electron chi connectivity index (χ4n) is 5.57. The van der Waals surface area contributed by atoms with Gasteiger partial charge in [0.1, 0.15) is 5.82 Å². The minimum absolute atomic E-state index is 0.0821. The number of carbonyl (C=O) groups excluding carboxylic acids is 3. The van der Waals surface area contributed by atoms with E-state index in [1.807, 2.05) is 12.1 Å². The van der Waals surface area contributed by atoms with E-state index in [9.17, 15) is 18.8 Å². The largest absolute Gasteiger partial charge is 0.341 e. The molecule has 4 amide bonds. The zero-order chi connectivity index (χ0) is 27.2. The van der Waals surface area contributed by atoms with E-state index in [0.29, 0.717) is 34.7 Å². The van der Waals surface area contributed by atoms with Crippen molar-refractivity contribution in [2.45, 2.75) is 45.6 Å². The maximum Gasteiger partial charge on any atom is 0.321 e. The molecular weight excluding hydrogens is 507 g/mol. The Morgan fingerprint density at radius 2 is 1.89 bits per heavy atom. The summed E-state index contributed by atoms with van der Waals surface area (Å²) < 4.78 is 13.3. The molecule has 38 heavy (non-hydrogen) atoms. The van der Waals surface area contributed by atoms with Gasteiger partial charge in [0.25, 0.3) is 0 Å². The Hall–Kier alpha value is -3.05. The molecule has 1 aromatic carbocycles. The number of ketones is 1. The zero-order valence-electron chi connectivity index (χ0n) is 22.3. The fraction of sp³-hybridized carbons (Fsp3) is 0.556. The first-order chi connectivity index (χ1) is 18.2. The summed E-state index contributed by atoms with van der Waals surface area (Å²) in [6.45, 7) is 7.06. The number of hydrogen-bond acceptors (Lipinski definition) is 6. The third-order valence-electron chi connectivity index (χ3n) is 7.44. The summed E-state index contributed by atoms with van der Waals surface area (Å²) >= 11 is 1.16. The summed E-state index contributed by atoms with van der Waals surface area (Å²) in [6, 6.07) is 5.99. The SMILES string of the molecule is CNC(=O)N1CC[C@@H](CN2CCC[C@@H](Cc3ccc(F)cc3)C2)[C@@H](NC(=O)Nc2nc(C)c(C(C)=O)s2)C1. The van der Waals surface area contributed by atoms with Crippen LogP contribution in [0.4, 0.5) is 19.1 Å². The van der Waals surface area contributed by atoms with Gasteiger partial charge in [-0.15, -0.1) is 0 Å². The molecule has 2 saturated heterocycles. The van der Waals surface area contributed by atoms with Gasteiger partial charge >= 0.3 is 12.1 Å². The highest BCUT2D eigenvalue weighted by Crippen LogP contribution is 2.26. The molecule has 0 bridgehead atoms. The van der Waals surface area contributed by atoms with Gasteiger partial charge in [-0.05, 0) is 68.7 Å². The lowest BCUT2D eigenvalue weighted by Gasteiger charge is -2.42. The second kappa shape index (κ2) is 12.7. The number of urea groups is 2. The zero-order valence-corrected chi connectivity index (χ0v) is 23.1. The predicted molar refractivity (Wildman–Crippen MR) is 146 cm³/mol. The van der Waals surface area contributed by atoms with Gasteiger partial charge in [-0.3, -0.25) is 10.1 Å². The number of likely N-dealkylation sites (tertiary alicyclic amines) is 2. The van der Waals surface area contributed by atoms with E-state index in [-0.39, 0.29) is 29.6 Å². The van der Waals surface area contributed by atoms with E-state index < -0.39 is 6.03 Å². The second-order valence-electron chi connectivity index (χ2n) is 10.3. The Bertz CT molecular complexity index is 1140. The monoisotopic (exact) mass is 544 g/mol. The molecule has 3 atom stereocenters. The molecule has 0 spiro atoms. The van der Waals surface area contributed by atoms with E-state index in [0.717, 1.165) is 62.2 Å². The number of aromatic nitrogens is 1. The molecule has 2 aliphatic rings. The Kier molecular flexibility index (Phi) is 9.32. The molecule has 2 aliphatic heterocycles. The van der Waals surface area contributed by atoms with Crippen molar-refractivity contribution in [3.05, 3.63) is 46.2 Å². The molecule has 11 heteroatoms. The Labute approximate surface area is 227 Å². The number of Topliss-reactive ketones (excluding diaryl/α,β-unsaturated/α-hetero) is 1. The molecule has 3 N–H and O–H groups in total. The van der Waals surface area contributed by atoms with E-state index in [1.54, 1.807) is 18.9 Å². The number of carbonyl (C=O) groups is 3. The topological polar surface area (TPSA) is 107 Å². The second-order valence-corrected chi connectivity index (χ2v) is 11.3. The number of aryl methyl sites for hydroxylation is 1. The van der Waals surface area contributed by atoms with Crippen molar-refractivity contribution < 1.29 is 18.8 Å². The van der Waals surface area contributed by atoms with Crippen LogP contribution < -0.4 is 16.0 Å². The smallest absolute Gasteiger partial charge is 0.321 e. The molecule has 206 valence electrons. The van der Waals surface area contributed by atoms with E-state index in [1.165, 1.54) is 19.1 Å². The first-order valence-electron chi connectivity index (χ1n) is 13.2. The lowest BCUT2D eigenvalue weighted by Crippen LogP contribution is -2.58. The summed E-state index contributed by atoms with van der Waals surface area (Å²) in [4.78, 5) is 46.1. The van der Waals surface area contributed by atoms with Crippen molar-refractivity contribution in [3.8, 4) is 0 Å². The number of rotatable bonds is 7. The Morgan fingerprint density at radius 1 is 1.13 bits per heavy atom. The number of nitrogens with one attached hydrogen (secondary N) is 3. The first kappa shape index (κ1) is 28.0. The highest BCUT2D eigenvalue weighted by molar-refractivity contribution is 7.17. The number of thiazole rings is 1. The van der Waals surface area contributed by atoms with Crippen LogP contribution in [0.25, 0.3) is 0 Å². The number of hydrogen-bond donors (Lipinski definition) is 3. The Morgan fingerprint density at radius 3 is 2.58 bits per heavy atom. The van der Waals surface area contributed by atoms with Gasteiger partial charge in [0.05, 0.1) is 16.6 Å². The van der Waals surface area contributed by atoms with Crippen LogP contribution >= 0.6 is 11.3 Å². The quantitative estimate of drug-likeness (QED) is 0.459. The van der Waals surface area contributed by atoms with Gasteiger partial charge in [0.2, 0.25) is 0 Å². The van der Waals surface area contributed by atoms with E-state index in [4.69, 9.17) is 0 Å². The molecule has 2 fully saturated rings. The first-order valence-corrected chi connectivity index (χ1v) is 14.0. The number of amides is 4. The standard InChI is InChI=1S/C27H37FN6O3S/c1-17-24(18(2)35)38-26(30-17)32-25(36)31-23-16-34(27(37)29-3)12-10-21(23)15-33-11-4-5-20(14-33)13-19-6-8-22(28)9-7-19/h6-9,20-21,23H,4-5,10-16H2,1-3H3,(H,29,37)(H2,30,31,32,36)/t20-,21-,23-/m0/s1. The average molecular weight is 545 g/mol. The molecule has 0 aliphatic carbocycles. The van der Waals surface area contributed by atoms with Gasteiger partial charge in [-0.25, -0.2) is 19.0 Å². The van der Waals surface area contributed by atoms with Crippen LogP contribution in [-0.4, -0.2) is 78.4 Å². The van der Waals surface area contributed by atoms with Crippen LogP contribution in [0.3, 0.4) is 0 Å². The van der Waals surface area contributed by atoms with Gasteiger partial charge < -0.3 is 20.4 Å².